The number of aliphatic hydroxyl groups is 1. The molecule has 0 unspecified atom stereocenters. The van der Waals surface area contributed by atoms with E-state index in [-0.39, 0.29) is 12.4 Å². The fraction of sp³-hybridized carbons (Fsp3) is 0.105. The van der Waals surface area contributed by atoms with E-state index in [1.54, 1.807) is 16.8 Å². The van der Waals surface area contributed by atoms with Gasteiger partial charge in [0.25, 0.3) is 0 Å². The summed E-state index contributed by atoms with van der Waals surface area (Å²) in [6, 6.07) is 17.7. The normalized spacial score (nSPS) is 11.1. The van der Waals surface area contributed by atoms with Crippen molar-refractivity contribution in [3.8, 4) is 11.3 Å². The molecule has 0 spiro atoms. The summed E-state index contributed by atoms with van der Waals surface area (Å²) < 4.78 is 14.8. The van der Waals surface area contributed by atoms with Crippen molar-refractivity contribution in [3.05, 3.63) is 77.6 Å². The highest BCUT2D eigenvalue weighted by Crippen LogP contribution is 2.21. The third kappa shape index (κ3) is 3.12. The number of halogens is 1. The fourth-order valence-electron chi connectivity index (χ4n) is 2.66. The zero-order valence-corrected chi connectivity index (χ0v) is 13.3. The molecule has 124 valence electrons. The smallest absolute Gasteiger partial charge is 0.179 e. The molecule has 25 heavy (non-hydrogen) atoms. The van der Waals surface area contributed by atoms with Crippen molar-refractivity contribution < 1.29 is 9.50 Å². The Bertz CT molecular complexity index is 1010. The van der Waals surface area contributed by atoms with Gasteiger partial charge in [-0.3, -0.25) is 0 Å². The van der Waals surface area contributed by atoms with E-state index in [2.05, 4.69) is 15.3 Å². The van der Waals surface area contributed by atoms with Gasteiger partial charge in [-0.2, -0.15) is 0 Å². The van der Waals surface area contributed by atoms with Crippen LogP contribution in [0.25, 0.3) is 22.4 Å². The van der Waals surface area contributed by atoms with Crippen LogP contribution in [-0.4, -0.2) is 25.1 Å². The van der Waals surface area contributed by atoms with Crippen molar-refractivity contribution in [1.82, 2.24) is 20.0 Å². The van der Waals surface area contributed by atoms with Crippen molar-refractivity contribution in [2.75, 3.05) is 0 Å². The van der Waals surface area contributed by atoms with Crippen molar-refractivity contribution in [1.29, 1.82) is 0 Å². The summed E-state index contributed by atoms with van der Waals surface area (Å²) in [5.74, 6) is -0.265. The third-order valence-electron chi connectivity index (χ3n) is 4.04. The molecule has 4 aromatic rings. The van der Waals surface area contributed by atoms with Gasteiger partial charge in [0.05, 0.1) is 18.8 Å². The molecule has 5 nitrogen and oxygen atoms in total. The van der Waals surface area contributed by atoms with Crippen LogP contribution in [0.4, 0.5) is 4.39 Å². The molecule has 0 aliphatic rings. The first-order valence-electron chi connectivity index (χ1n) is 7.88. The molecule has 2 aromatic heterocycles. The minimum absolute atomic E-state index is 0.0150. The molecule has 2 aromatic carbocycles. The van der Waals surface area contributed by atoms with Gasteiger partial charge in [-0.05, 0) is 35.4 Å². The first-order valence-corrected chi connectivity index (χ1v) is 7.88. The van der Waals surface area contributed by atoms with Crippen molar-refractivity contribution in [2.45, 2.75) is 13.2 Å². The molecule has 0 saturated carbocycles. The highest BCUT2D eigenvalue weighted by Gasteiger charge is 2.09. The zero-order valence-electron chi connectivity index (χ0n) is 13.3. The second kappa shape index (κ2) is 6.41. The number of nitrogens with zero attached hydrogens (tertiary/aromatic N) is 4. The zero-order chi connectivity index (χ0) is 17.2. The number of pyridine rings is 1. The maximum atomic E-state index is 13.1. The Labute approximate surface area is 143 Å². The maximum absolute atomic E-state index is 13.1. The minimum atomic E-state index is -0.265. The van der Waals surface area contributed by atoms with Gasteiger partial charge in [-0.15, -0.1) is 5.10 Å². The lowest BCUT2D eigenvalue weighted by molar-refractivity contribution is 0.282. The highest BCUT2D eigenvalue weighted by atomic mass is 19.1. The lowest BCUT2D eigenvalue weighted by atomic mass is 10.1. The molecule has 0 aliphatic carbocycles. The number of aliphatic hydroxyl groups excluding tert-OH is 1. The number of hydrogen-bond acceptors (Lipinski definition) is 4. The average Bonchev–Trinajstić information content (AvgIpc) is 3.06. The van der Waals surface area contributed by atoms with Crippen LogP contribution in [-0.2, 0) is 13.2 Å². The molecule has 0 amide bonds. The number of hydrogen-bond donors (Lipinski definition) is 1. The van der Waals surface area contributed by atoms with Crippen molar-refractivity contribution in [2.24, 2.45) is 0 Å². The summed E-state index contributed by atoms with van der Waals surface area (Å²) in [4.78, 5) is 4.68. The van der Waals surface area contributed by atoms with Crippen LogP contribution in [0.3, 0.4) is 0 Å². The predicted molar refractivity (Wildman–Crippen MR) is 92.2 cm³/mol. The summed E-state index contributed by atoms with van der Waals surface area (Å²) in [6.07, 6.45) is 0. The molecule has 0 fully saturated rings. The van der Waals surface area contributed by atoms with E-state index in [9.17, 15) is 4.39 Å². The Morgan fingerprint density at radius 2 is 1.60 bits per heavy atom. The molecule has 4 rings (SSSR count). The highest BCUT2D eigenvalue weighted by molar-refractivity contribution is 5.74. The minimum Gasteiger partial charge on any atom is -0.392 e. The van der Waals surface area contributed by atoms with Crippen LogP contribution in [0.15, 0.2) is 60.7 Å². The van der Waals surface area contributed by atoms with E-state index in [4.69, 9.17) is 5.11 Å². The molecule has 0 atom stereocenters. The van der Waals surface area contributed by atoms with Gasteiger partial charge >= 0.3 is 0 Å². The Morgan fingerprint density at radius 1 is 0.880 bits per heavy atom. The van der Waals surface area contributed by atoms with Crippen molar-refractivity contribution in [3.63, 3.8) is 0 Å². The van der Waals surface area contributed by atoms with Crippen LogP contribution in [0.2, 0.25) is 0 Å². The monoisotopic (exact) mass is 334 g/mol. The first-order chi connectivity index (χ1) is 12.2. The summed E-state index contributed by atoms with van der Waals surface area (Å²) in [5.41, 5.74) is 4.92. The molecule has 6 heteroatoms. The number of aromatic nitrogens is 4. The van der Waals surface area contributed by atoms with E-state index >= 15 is 0 Å². The number of rotatable bonds is 4. The standard InChI is InChI=1S/C19H15FN4O/c20-16-7-3-13(4-8-16)11-24-19-18(22-23-24)10-9-17(21-19)15-5-1-14(12-25)2-6-15/h1-10,25H,11-12H2. The lowest BCUT2D eigenvalue weighted by Gasteiger charge is -2.05. The summed E-state index contributed by atoms with van der Waals surface area (Å²) in [5, 5.41) is 17.4. The van der Waals surface area contributed by atoms with Crippen LogP contribution in [0.1, 0.15) is 11.1 Å². The van der Waals surface area contributed by atoms with Gasteiger partial charge in [0.15, 0.2) is 5.65 Å². The van der Waals surface area contributed by atoms with Crippen LogP contribution < -0.4 is 0 Å². The van der Waals surface area contributed by atoms with E-state index in [1.807, 2.05) is 36.4 Å². The van der Waals surface area contributed by atoms with Crippen molar-refractivity contribution >= 4 is 11.2 Å². The van der Waals surface area contributed by atoms with Gasteiger partial charge in [-0.1, -0.05) is 41.6 Å². The van der Waals surface area contributed by atoms with Crippen LogP contribution in [0.5, 0.6) is 0 Å². The molecular formula is C19H15FN4O. The molecule has 0 saturated heterocycles. The van der Waals surface area contributed by atoms with Crippen LogP contribution >= 0.6 is 0 Å². The van der Waals surface area contributed by atoms with Gasteiger partial charge in [-0.25, -0.2) is 14.1 Å². The Hall–Kier alpha value is -3.12. The van der Waals surface area contributed by atoms with Gasteiger partial charge in [0.2, 0.25) is 0 Å². The number of benzene rings is 2. The Balaban J connectivity index is 1.70. The molecule has 0 bridgehead atoms. The third-order valence-corrected chi connectivity index (χ3v) is 4.04. The topological polar surface area (TPSA) is 63.8 Å². The molecule has 2 heterocycles. The first kappa shape index (κ1) is 15.4. The largest absolute Gasteiger partial charge is 0.392 e. The quantitative estimate of drug-likeness (QED) is 0.623. The van der Waals surface area contributed by atoms with Gasteiger partial charge in [0.1, 0.15) is 11.3 Å². The van der Waals surface area contributed by atoms with E-state index in [1.165, 1.54) is 12.1 Å². The summed E-state index contributed by atoms with van der Waals surface area (Å²) in [6.45, 7) is 0.484. The Kier molecular flexibility index (Phi) is 3.95. The van der Waals surface area contributed by atoms with E-state index < -0.39 is 0 Å². The summed E-state index contributed by atoms with van der Waals surface area (Å²) in [7, 11) is 0. The average molecular weight is 334 g/mol. The van der Waals surface area contributed by atoms with Crippen LogP contribution in [0, 0.1) is 5.82 Å². The molecule has 1 N–H and O–H groups in total. The van der Waals surface area contributed by atoms with E-state index in [0.29, 0.717) is 17.7 Å². The van der Waals surface area contributed by atoms with E-state index in [0.717, 1.165) is 22.4 Å². The fourth-order valence-corrected chi connectivity index (χ4v) is 2.66. The Morgan fingerprint density at radius 3 is 2.32 bits per heavy atom. The second-order valence-electron chi connectivity index (χ2n) is 5.77. The second-order valence-corrected chi connectivity index (χ2v) is 5.77. The van der Waals surface area contributed by atoms with Gasteiger partial charge < -0.3 is 5.11 Å². The molecular weight excluding hydrogens is 319 g/mol. The lowest BCUT2D eigenvalue weighted by Crippen LogP contribution is -2.03. The number of fused-ring (bicyclic) bond motifs is 1. The SMILES string of the molecule is OCc1ccc(-c2ccc3nnn(Cc4ccc(F)cc4)c3n2)cc1. The maximum Gasteiger partial charge on any atom is 0.179 e. The molecule has 0 radical (unpaired) electrons. The molecule has 0 aliphatic heterocycles. The predicted octanol–water partition coefficient (Wildman–Crippen LogP) is 3.17. The summed E-state index contributed by atoms with van der Waals surface area (Å²) >= 11 is 0. The van der Waals surface area contributed by atoms with Gasteiger partial charge in [0, 0.05) is 5.56 Å².